The fraction of sp³-hybridized carbons (Fsp3) is 0.393. The van der Waals surface area contributed by atoms with Crippen molar-refractivity contribution in [3.8, 4) is 16.3 Å². The van der Waals surface area contributed by atoms with Crippen molar-refractivity contribution in [2.45, 2.75) is 51.2 Å². The summed E-state index contributed by atoms with van der Waals surface area (Å²) in [5.74, 6) is 0.0412. The molecule has 1 aliphatic heterocycles. The molecule has 2 aromatic heterocycles. The lowest BCUT2D eigenvalue weighted by molar-refractivity contribution is 0.0600. The number of anilines is 1. The van der Waals surface area contributed by atoms with Gasteiger partial charge in [-0.3, -0.25) is 9.78 Å². The summed E-state index contributed by atoms with van der Waals surface area (Å²) in [6, 6.07) is 10.5. The maximum absolute atomic E-state index is 14.0. The first-order valence-electron chi connectivity index (χ1n) is 12.6. The summed E-state index contributed by atoms with van der Waals surface area (Å²) in [5, 5.41) is 0.0616. The van der Waals surface area contributed by atoms with Crippen LogP contribution in [-0.4, -0.2) is 50.2 Å². The maximum atomic E-state index is 14.0. The van der Waals surface area contributed by atoms with Crippen molar-refractivity contribution in [3.63, 3.8) is 0 Å². The van der Waals surface area contributed by atoms with Crippen molar-refractivity contribution in [2.75, 3.05) is 25.2 Å². The van der Waals surface area contributed by atoms with Gasteiger partial charge >= 0.3 is 5.97 Å². The van der Waals surface area contributed by atoms with Crippen LogP contribution in [0.15, 0.2) is 42.6 Å². The molecule has 0 saturated heterocycles. The number of rotatable bonds is 8. The number of halogens is 1. The molecule has 7 nitrogen and oxygen atoms in total. The third-order valence-corrected chi connectivity index (χ3v) is 12.4. The van der Waals surface area contributed by atoms with E-state index >= 15 is 0 Å². The van der Waals surface area contributed by atoms with Crippen molar-refractivity contribution in [2.24, 2.45) is 0 Å². The van der Waals surface area contributed by atoms with Crippen LogP contribution in [0.1, 0.15) is 52.3 Å². The molecule has 1 aliphatic rings. The number of hydrogen-bond acceptors (Lipinski definition) is 7. The molecule has 3 aromatic rings. The number of hydrogen-bond donors (Lipinski definition) is 1. The van der Waals surface area contributed by atoms with Crippen LogP contribution in [0.2, 0.25) is 23.2 Å². The van der Waals surface area contributed by atoms with Gasteiger partial charge in [0.1, 0.15) is 11.4 Å². The predicted molar refractivity (Wildman–Crippen MR) is 154 cm³/mol. The molecular formula is C28H33ClN2O5SSi. The minimum Gasteiger partial charge on any atom is -0.491 e. The summed E-state index contributed by atoms with van der Waals surface area (Å²) in [7, 11) is -1.09. The minimum atomic E-state index is -2.41. The first kappa shape index (κ1) is 28.3. The number of amides is 1. The number of methoxy groups -OCH3 is 1. The molecule has 0 fully saturated rings. The summed E-state index contributed by atoms with van der Waals surface area (Å²) in [6.07, 6.45) is 3.82. The number of nitrogens with zero attached hydrogens (tertiary/aromatic N) is 2. The average Bonchev–Trinajstić information content (AvgIpc) is 3.22. The Kier molecular flexibility index (Phi) is 8.32. The van der Waals surface area contributed by atoms with Crippen molar-refractivity contribution in [3.05, 3.63) is 63.6 Å². The van der Waals surface area contributed by atoms with E-state index in [-0.39, 0.29) is 16.0 Å². The van der Waals surface area contributed by atoms with E-state index in [0.717, 1.165) is 22.6 Å². The second-order valence-electron chi connectivity index (χ2n) is 10.6. The Balaban J connectivity index is 1.69. The maximum Gasteiger partial charge on any atom is 0.337 e. The van der Waals surface area contributed by atoms with Gasteiger partial charge in [0.25, 0.3) is 5.91 Å². The number of ether oxygens (including phenoxy) is 2. The van der Waals surface area contributed by atoms with Gasteiger partial charge in [0.2, 0.25) is 0 Å². The van der Waals surface area contributed by atoms with E-state index in [4.69, 9.17) is 21.1 Å². The van der Waals surface area contributed by atoms with Crippen molar-refractivity contribution in [1.82, 2.24) is 4.98 Å². The second-order valence-corrected chi connectivity index (χ2v) is 16.5. The highest BCUT2D eigenvalue weighted by Gasteiger charge is 2.37. The highest BCUT2D eigenvalue weighted by molar-refractivity contribution is 7.17. The van der Waals surface area contributed by atoms with E-state index in [0.29, 0.717) is 47.9 Å². The Morgan fingerprint density at radius 3 is 2.71 bits per heavy atom. The first-order valence-corrected chi connectivity index (χ1v) is 16.7. The van der Waals surface area contributed by atoms with Gasteiger partial charge in [-0.05, 0) is 72.9 Å². The molecule has 0 atom stereocenters. The Morgan fingerprint density at radius 2 is 2.03 bits per heavy atom. The lowest BCUT2D eigenvalue weighted by Gasteiger charge is -2.35. The number of aromatic nitrogens is 1. The Labute approximate surface area is 233 Å². The molecule has 0 aliphatic carbocycles. The molecular weight excluding hydrogens is 540 g/mol. The molecule has 38 heavy (non-hydrogen) atoms. The van der Waals surface area contributed by atoms with Crippen LogP contribution < -0.4 is 9.64 Å². The van der Waals surface area contributed by atoms with E-state index in [1.165, 1.54) is 24.5 Å². The predicted octanol–water partition coefficient (Wildman–Crippen LogP) is 6.59. The van der Waals surface area contributed by atoms with Gasteiger partial charge in [-0.2, -0.15) is 0 Å². The van der Waals surface area contributed by atoms with Gasteiger partial charge in [0, 0.05) is 19.2 Å². The zero-order chi connectivity index (χ0) is 27.7. The molecule has 0 unspecified atom stereocenters. The molecule has 1 amide bonds. The lowest BCUT2D eigenvalue weighted by atomic mass is 10.1. The van der Waals surface area contributed by atoms with Crippen LogP contribution in [-0.2, 0) is 11.2 Å². The van der Waals surface area contributed by atoms with Gasteiger partial charge in [-0.15, -0.1) is 11.3 Å². The standard InChI is InChI=1S/C28H33ClN2O5SSi/c1-28(2,38(4,5)34)12-7-14-31(21-10-9-19(16-20(21)29)27(33)35-3)26(32)23-17-18-11-15-36-22-8-6-13-30-24(22)25(18)37-23/h6,8-10,13,16-17,34H,7,11-12,14-15H2,1-5H3. The zero-order valence-electron chi connectivity index (χ0n) is 22.3. The molecule has 10 heteroatoms. The number of carbonyl (C=O) groups is 2. The topological polar surface area (TPSA) is 89.0 Å². The number of benzene rings is 1. The molecule has 3 heterocycles. The van der Waals surface area contributed by atoms with Crippen LogP contribution in [0.25, 0.3) is 10.6 Å². The summed E-state index contributed by atoms with van der Waals surface area (Å²) in [5.41, 5.74) is 2.60. The van der Waals surface area contributed by atoms with Gasteiger partial charge < -0.3 is 19.2 Å². The molecule has 0 saturated carbocycles. The smallest absolute Gasteiger partial charge is 0.337 e. The van der Waals surface area contributed by atoms with Crippen LogP contribution in [0.3, 0.4) is 0 Å². The van der Waals surface area contributed by atoms with E-state index in [1.54, 1.807) is 23.2 Å². The van der Waals surface area contributed by atoms with Crippen LogP contribution in [0, 0.1) is 0 Å². The number of carbonyl (C=O) groups excluding carboxylic acids is 2. The summed E-state index contributed by atoms with van der Waals surface area (Å²) >= 11 is 8.03. The van der Waals surface area contributed by atoms with E-state index in [9.17, 15) is 14.4 Å². The second kappa shape index (κ2) is 11.2. The highest BCUT2D eigenvalue weighted by Crippen LogP contribution is 2.42. The minimum absolute atomic E-state index is 0.174. The van der Waals surface area contributed by atoms with Gasteiger partial charge in [0.15, 0.2) is 8.32 Å². The number of pyridine rings is 1. The Hall–Kier alpha value is -2.72. The fourth-order valence-corrected chi connectivity index (χ4v) is 6.52. The summed E-state index contributed by atoms with van der Waals surface area (Å²) in [4.78, 5) is 44.5. The zero-order valence-corrected chi connectivity index (χ0v) is 24.9. The van der Waals surface area contributed by atoms with E-state index in [1.807, 2.05) is 31.3 Å². The highest BCUT2D eigenvalue weighted by atomic mass is 35.5. The SMILES string of the molecule is COC(=O)c1ccc(N(CCCC(C)(C)[Si](C)(C)O)C(=O)c2cc3c(s2)-c2ncccc2OCC3)c(Cl)c1. The van der Waals surface area contributed by atoms with Crippen LogP contribution in [0.5, 0.6) is 5.75 Å². The van der Waals surface area contributed by atoms with Crippen LogP contribution >= 0.6 is 22.9 Å². The van der Waals surface area contributed by atoms with E-state index in [2.05, 4.69) is 18.8 Å². The quantitative estimate of drug-likeness (QED) is 0.242. The largest absolute Gasteiger partial charge is 0.491 e. The normalized spacial score (nSPS) is 13.1. The number of thiophene rings is 1. The average molecular weight is 573 g/mol. The molecule has 4 rings (SSSR count). The number of fused-ring (bicyclic) bond motifs is 3. The van der Waals surface area contributed by atoms with Gasteiger partial charge in [-0.1, -0.05) is 25.4 Å². The number of esters is 1. The Morgan fingerprint density at radius 1 is 1.26 bits per heavy atom. The van der Waals surface area contributed by atoms with Gasteiger partial charge in [-0.25, -0.2) is 4.79 Å². The molecule has 0 bridgehead atoms. The van der Waals surface area contributed by atoms with Crippen molar-refractivity contribution in [1.29, 1.82) is 0 Å². The third-order valence-electron chi connectivity index (χ3n) is 7.38. The summed E-state index contributed by atoms with van der Waals surface area (Å²) < 4.78 is 10.7. The molecule has 202 valence electrons. The summed E-state index contributed by atoms with van der Waals surface area (Å²) in [6.45, 7) is 8.94. The van der Waals surface area contributed by atoms with E-state index < -0.39 is 14.3 Å². The molecule has 0 spiro atoms. The fourth-order valence-electron chi connectivity index (χ4n) is 4.29. The van der Waals surface area contributed by atoms with Gasteiger partial charge in [0.05, 0.1) is 39.7 Å². The molecule has 0 radical (unpaired) electrons. The lowest BCUT2D eigenvalue weighted by Crippen LogP contribution is -2.40. The van der Waals surface area contributed by atoms with Crippen molar-refractivity contribution >= 4 is 48.8 Å². The molecule has 1 aromatic carbocycles. The monoisotopic (exact) mass is 572 g/mol. The first-order chi connectivity index (χ1) is 17.9. The molecule has 1 N–H and O–H groups in total. The third kappa shape index (κ3) is 5.81. The van der Waals surface area contributed by atoms with Crippen molar-refractivity contribution < 1.29 is 23.9 Å². The Bertz CT molecular complexity index is 1350. The van der Waals surface area contributed by atoms with Crippen LogP contribution in [0.4, 0.5) is 5.69 Å².